The molecule has 1 aromatic heterocycles. The predicted molar refractivity (Wildman–Crippen MR) is 77.6 cm³/mol. The highest BCUT2D eigenvalue weighted by atomic mass is 16.4. The van der Waals surface area contributed by atoms with Gasteiger partial charge in [-0.3, -0.25) is 4.98 Å². The van der Waals surface area contributed by atoms with E-state index in [1.54, 1.807) is 19.2 Å². The fourth-order valence-electron chi connectivity index (χ4n) is 2.06. The van der Waals surface area contributed by atoms with Gasteiger partial charge in [0.25, 0.3) is 0 Å². The van der Waals surface area contributed by atoms with Crippen molar-refractivity contribution in [3.05, 3.63) is 29.6 Å². The third kappa shape index (κ3) is 5.12. The zero-order valence-corrected chi connectivity index (χ0v) is 12.2. The van der Waals surface area contributed by atoms with Crippen LogP contribution in [0.15, 0.2) is 23.5 Å². The van der Waals surface area contributed by atoms with Crippen molar-refractivity contribution in [1.29, 1.82) is 0 Å². The van der Waals surface area contributed by atoms with E-state index >= 15 is 0 Å². The molecule has 0 bridgehead atoms. The molecule has 0 fully saturated rings. The van der Waals surface area contributed by atoms with Crippen LogP contribution >= 0.6 is 0 Å². The highest BCUT2D eigenvalue weighted by molar-refractivity contribution is 5.96. The van der Waals surface area contributed by atoms with Crippen molar-refractivity contribution >= 4 is 5.84 Å². The van der Waals surface area contributed by atoms with Gasteiger partial charge in [0.1, 0.15) is 5.69 Å². The second-order valence-corrected chi connectivity index (χ2v) is 5.33. The molecule has 0 amide bonds. The van der Waals surface area contributed by atoms with Crippen molar-refractivity contribution in [3.8, 4) is 0 Å². The van der Waals surface area contributed by atoms with Crippen LogP contribution < -0.4 is 11.1 Å². The van der Waals surface area contributed by atoms with Crippen molar-refractivity contribution in [1.82, 2.24) is 15.2 Å². The summed E-state index contributed by atoms with van der Waals surface area (Å²) in [7, 11) is 3.82. The molecule has 1 heterocycles. The van der Waals surface area contributed by atoms with Gasteiger partial charge in [0.05, 0.1) is 5.60 Å². The summed E-state index contributed by atoms with van der Waals surface area (Å²) in [6.07, 6.45) is 1.58. The lowest BCUT2D eigenvalue weighted by molar-refractivity contribution is 0.0336. The number of aliphatic hydroxyl groups is 1. The zero-order chi connectivity index (χ0) is 15.2. The Hall–Kier alpha value is -1.70. The van der Waals surface area contributed by atoms with Crippen LogP contribution in [0.4, 0.5) is 0 Å². The number of nitrogens with two attached hydrogens (primary N) is 1. The summed E-state index contributed by atoms with van der Waals surface area (Å²) in [5.41, 5.74) is 5.99. The van der Waals surface area contributed by atoms with E-state index in [1.165, 1.54) is 0 Å². The number of pyridine rings is 1. The number of amidine groups is 1. The van der Waals surface area contributed by atoms with Crippen LogP contribution in [-0.2, 0) is 6.54 Å². The summed E-state index contributed by atoms with van der Waals surface area (Å²) >= 11 is 0. The minimum Gasteiger partial charge on any atom is -0.409 e. The molecule has 1 rings (SSSR count). The van der Waals surface area contributed by atoms with E-state index in [0.29, 0.717) is 25.3 Å². The summed E-state index contributed by atoms with van der Waals surface area (Å²) in [5, 5.41) is 25.0. The Bertz CT molecular complexity index is 460. The minimum absolute atomic E-state index is 0.0255. The molecule has 7 nitrogen and oxygen atoms in total. The van der Waals surface area contributed by atoms with Crippen molar-refractivity contribution in [3.63, 3.8) is 0 Å². The minimum atomic E-state index is -0.831. The Kier molecular flexibility index (Phi) is 5.87. The molecule has 1 aromatic rings. The maximum Gasteiger partial charge on any atom is 0.189 e. The molecule has 20 heavy (non-hydrogen) atoms. The van der Waals surface area contributed by atoms with Crippen molar-refractivity contribution in [2.75, 3.05) is 27.2 Å². The van der Waals surface area contributed by atoms with Gasteiger partial charge in [-0.05, 0) is 32.6 Å². The molecule has 0 aliphatic rings. The molecule has 0 spiro atoms. The largest absolute Gasteiger partial charge is 0.409 e. The highest BCUT2D eigenvalue weighted by Gasteiger charge is 2.20. The van der Waals surface area contributed by atoms with E-state index in [4.69, 9.17) is 10.9 Å². The second kappa shape index (κ2) is 7.18. The van der Waals surface area contributed by atoms with Gasteiger partial charge in [-0.25, -0.2) is 0 Å². The number of hydrogen-bond acceptors (Lipinski definition) is 6. The molecule has 7 heteroatoms. The van der Waals surface area contributed by atoms with Crippen molar-refractivity contribution in [2.24, 2.45) is 10.9 Å². The predicted octanol–water partition coefficient (Wildman–Crippen LogP) is -0.422. The molecule has 0 saturated carbocycles. The summed E-state index contributed by atoms with van der Waals surface area (Å²) in [6.45, 7) is 3.23. The average Bonchev–Trinajstić information content (AvgIpc) is 2.36. The van der Waals surface area contributed by atoms with Gasteiger partial charge in [0.2, 0.25) is 0 Å². The number of oxime groups is 1. The number of hydrogen-bond donors (Lipinski definition) is 4. The van der Waals surface area contributed by atoms with Gasteiger partial charge in [-0.2, -0.15) is 0 Å². The van der Waals surface area contributed by atoms with Crippen LogP contribution in [0, 0.1) is 0 Å². The quantitative estimate of drug-likeness (QED) is 0.234. The average molecular weight is 281 g/mol. The van der Waals surface area contributed by atoms with Crippen molar-refractivity contribution in [2.45, 2.75) is 19.1 Å². The number of aromatic nitrogens is 1. The molecule has 1 atom stereocenters. The first-order valence-corrected chi connectivity index (χ1v) is 6.35. The fourth-order valence-corrected chi connectivity index (χ4v) is 2.06. The van der Waals surface area contributed by atoms with Crippen molar-refractivity contribution < 1.29 is 10.3 Å². The van der Waals surface area contributed by atoms with Gasteiger partial charge < -0.3 is 26.3 Å². The second-order valence-electron chi connectivity index (χ2n) is 5.33. The Morgan fingerprint density at radius 1 is 1.55 bits per heavy atom. The Labute approximate surface area is 119 Å². The molecular formula is C13H23N5O2. The van der Waals surface area contributed by atoms with Gasteiger partial charge in [-0.1, -0.05) is 11.2 Å². The van der Waals surface area contributed by atoms with E-state index < -0.39 is 5.60 Å². The van der Waals surface area contributed by atoms with E-state index in [9.17, 15) is 5.11 Å². The lowest BCUT2D eigenvalue weighted by Gasteiger charge is -2.27. The molecule has 5 N–H and O–H groups in total. The Morgan fingerprint density at radius 2 is 2.25 bits per heavy atom. The molecule has 0 aliphatic carbocycles. The van der Waals surface area contributed by atoms with Crippen LogP contribution in [0.25, 0.3) is 0 Å². The third-order valence-corrected chi connectivity index (χ3v) is 2.72. The smallest absolute Gasteiger partial charge is 0.189 e. The normalized spacial score (nSPS) is 15.3. The van der Waals surface area contributed by atoms with Crippen LogP contribution in [0.2, 0.25) is 0 Å². The van der Waals surface area contributed by atoms with Gasteiger partial charge >= 0.3 is 0 Å². The first-order valence-electron chi connectivity index (χ1n) is 6.35. The van der Waals surface area contributed by atoms with E-state index in [-0.39, 0.29) is 5.84 Å². The Morgan fingerprint density at radius 3 is 2.85 bits per heavy atom. The standard InChI is InChI=1S/C13H23N5O2/c1-13(19,9-18(2)3)8-15-7-10-5-4-6-16-11(10)12(14)17-20/h4-6,15,19-20H,7-9H2,1-3H3,(H2,14,17). The lowest BCUT2D eigenvalue weighted by atomic mass is 10.1. The fraction of sp³-hybridized carbons (Fsp3) is 0.538. The maximum absolute atomic E-state index is 10.2. The van der Waals surface area contributed by atoms with Crippen LogP contribution in [0.1, 0.15) is 18.2 Å². The van der Waals surface area contributed by atoms with Crippen LogP contribution in [-0.4, -0.2) is 58.8 Å². The lowest BCUT2D eigenvalue weighted by Crippen LogP contribution is -2.45. The van der Waals surface area contributed by atoms with E-state index in [1.807, 2.05) is 25.1 Å². The monoisotopic (exact) mass is 281 g/mol. The topological polar surface area (TPSA) is 107 Å². The zero-order valence-electron chi connectivity index (χ0n) is 12.2. The molecule has 0 radical (unpaired) electrons. The number of nitrogens with zero attached hydrogens (tertiary/aromatic N) is 3. The molecular weight excluding hydrogens is 258 g/mol. The van der Waals surface area contributed by atoms with Gasteiger partial charge in [0, 0.05) is 25.8 Å². The Balaban J connectivity index is 2.63. The number of likely N-dealkylation sites (N-methyl/N-ethyl adjacent to an activating group) is 1. The van der Waals surface area contributed by atoms with E-state index in [2.05, 4.69) is 15.5 Å². The molecule has 1 unspecified atom stereocenters. The third-order valence-electron chi connectivity index (χ3n) is 2.72. The molecule has 0 saturated heterocycles. The molecule has 0 aliphatic heterocycles. The summed E-state index contributed by atoms with van der Waals surface area (Å²) < 4.78 is 0. The number of nitrogens with one attached hydrogen (secondary N) is 1. The first-order chi connectivity index (χ1) is 9.35. The van der Waals surface area contributed by atoms with Crippen LogP contribution in [0.5, 0.6) is 0 Å². The highest BCUT2D eigenvalue weighted by Crippen LogP contribution is 2.07. The number of rotatable bonds is 7. The SMILES string of the molecule is CN(C)CC(C)(O)CNCc1cccnc1/C(N)=N/O. The summed E-state index contributed by atoms with van der Waals surface area (Å²) in [5.74, 6) is -0.0255. The van der Waals surface area contributed by atoms with Gasteiger partial charge in [-0.15, -0.1) is 0 Å². The molecule has 112 valence electrons. The maximum atomic E-state index is 10.2. The van der Waals surface area contributed by atoms with Gasteiger partial charge in [0.15, 0.2) is 5.84 Å². The van der Waals surface area contributed by atoms with Crippen LogP contribution in [0.3, 0.4) is 0 Å². The van der Waals surface area contributed by atoms with E-state index in [0.717, 1.165) is 5.56 Å². The molecule has 0 aromatic carbocycles. The summed E-state index contributed by atoms with van der Waals surface area (Å²) in [4.78, 5) is 6.01. The first kappa shape index (κ1) is 16.4. The summed E-state index contributed by atoms with van der Waals surface area (Å²) in [6, 6.07) is 3.62.